The van der Waals surface area contributed by atoms with Gasteiger partial charge in [0.2, 0.25) is 0 Å². The number of nitrogens with one attached hydrogen (secondary N) is 3. The van der Waals surface area contributed by atoms with E-state index in [1.54, 1.807) is 18.2 Å². The summed E-state index contributed by atoms with van der Waals surface area (Å²) < 4.78 is 11.3. The highest BCUT2D eigenvalue weighted by molar-refractivity contribution is 6.35. The van der Waals surface area contributed by atoms with Crippen LogP contribution in [0.3, 0.4) is 0 Å². The lowest BCUT2D eigenvalue weighted by atomic mass is 10.0. The highest BCUT2D eigenvalue weighted by atomic mass is 16.5. The monoisotopic (exact) mass is 510 g/mol. The number of aryl methyl sites for hydroxylation is 1. The van der Waals surface area contributed by atoms with E-state index in [1.165, 1.54) is 6.92 Å². The van der Waals surface area contributed by atoms with Crippen molar-refractivity contribution in [3.05, 3.63) is 46.3 Å². The molecule has 0 fully saturated rings. The van der Waals surface area contributed by atoms with Gasteiger partial charge >= 0.3 is 0 Å². The van der Waals surface area contributed by atoms with E-state index in [0.29, 0.717) is 34.8 Å². The maximum Gasteiger partial charge on any atom is 0.256 e. The number of anilines is 1. The lowest BCUT2D eigenvalue weighted by Gasteiger charge is -2.18. The van der Waals surface area contributed by atoms with Crippen LogP contribution in [-0.2, 0) is 14.3 Å². The van der Waals surface area contributed by atoms with Gasteiger partial charge in [-0.2, -0.15) is 0 Å². The quantitative estimate of drug-likeness (QED) is 0.355. The number of fused-ring (bicyclic) bond motifs is 1. The molecule has 37 heavy (non-hydrogen) atoms. The number of hydrogen-bond donors (Lipinski definition) is 3. The first-order valence-electron chi connectivity index (χ1n) is 12.8. The van der Waals surface area contributed by atoms with Gasteiger partial charge in [0, 0.05) is 35.7 Å². The van der Waals surface area contributed by atoms with E-state index >= 15 is 0 Å². The third kappa shape index (κ3) is 7.08. The van der Waals surface area contributed by atoms with Crippen LogP contribution >= 0.6 is 0 Å². The number of ether oxygens (including phenoxy) is 2. The SMILES string of the molecule is CCN(CC)CCNC(=O)c1c(C)[nH]c(/C=C2\C(=O)Nc3ccc(OCC(C)OCC(C)=O)cc32)c1C. The summed E-state index contributed by atoms with van der Waals surface area (Å²) >= 11 is 0. The summed E-state index contributed by atoms with van der Waals surface area (Å²) in [5, 5.41) is 5.89. The standard InChI is InChI=1S/C28H38N4O5/c1-7-32(8-2)12-11-29-28(35)26-19(5)25(30-20(26)6)14-23-22-13-21(9-10-24(22)31-27(23)34)37-16-18(4)36-15-17(3)33/h9-10,13-14,18,30H,7-8,11-12,15-16H2,1-6H3,(H,29,35)(H,31,34)/b23-14-. The van der Waals surface area contributed by atoms with E-state index in [1.807, 2.05) is 26.8 Å². The maximum absolute atomic E-state index is 12.9. The molecule has 1 aromatic carbocycles. The lowest BCUT2D eigenvalue weighted by molar-refractivity contribution is -0.123. The smallest absolute Gasteiger partial charge is 0.256 e. The molecule has 0 radical (unpaired) electrons. The third-order valence-electron chi connectivity index (χ3n) is 6.43. The fourth-order valence-electron chi connectivity index (χ4n) is 4.28. The first kappa shape index (κ1) is 28.1. The zero-order valence-corrected chi connectivity index (χ0v) is 22.6. The number of aromatic nitrogens is 1. The number of ketones is 1. The molecule has 0 saturated carbocycles. The predicted octanol–water partition coefficient (Wildman–Crippen LogP) is 3.57. The van der Waals surface area contributed by atoms with Gasteiger partial charge < -0.3 is 30.0 Å². The van der Waals surface area contributed by atoms with Gasteiger partial charge in [0.25, 0.3) is 11.8 Å². The molecule has 2 amide bonds. The summed E-state index contributed by atoms with van der Waals surface area (Å²) in [5.41, 5.74) is 4.75. The van der Waals surface area contributed by atoms with Crippen molar-refractivity contribution < 1.29 is 23.9 Å². The van der Waals surface area contributed by atoms with Crippen molar-refractivity contribution in [3.63, 3.8) is 0 Å². The minimum atomic E-state index is -0.256. The first-order chi connectivity index (χ1) is 17.6. The topological polar surface area (TPSA) is 113 Å². The molecule has 200 valence electrons. The van der Waals surface area contributed by atoms with Gasteiger partial charge in [-0.25, -0.2) is 0 Å². The second kappa shape index (κ2) is 12.7. The highest BCUT2D eigenvalue weighted by Crippen LogP contribution is 2.36. The minimum Gasteiger partial charge on any atom is -0.491 e. The molecule has 9 heteroatoms. The van der Waals surface area contributed by atoms with Crippen LogP contribution in [0, 0.1) is 13.8 Å². The van der Waals surface area contributed by atoms with E-state index in [9.17, 15) is 14.4 Å². The number of hydrogen-bond acceptors (Lipinski definition) is 6. The molecule has 1 atom stereocenters. The number of likely N-dealkylation sites (N-methyl/N-ethyl adjacent to an activating group) is 1. The Hall–Kier alpha value is -3.43. The fourth-order valence-corrected chi connectivity index (χ4v) is 4.28. The number of amides is 2. The molecule has 9 nitrogen and oxygen atoms in total. The number of carbonyl (C=O) groups is 3. The van der Waals surface area contributed by atoms with Crippen molar-refractivity contribution >= 4 is 34.9 Å². The largest absolute Gasteiger partial charge is 0.491 e. The molecule has 1 aliphatic heterocycles. The molecule has 0 saturated heterocycles. The first-order valence-corrected chi connectivity index (χ1v) is 12.8. The van der Waals surface area contributed by atoms with E-state index in [-0.39, 0.29) is 36.9 Å². The predicted molar refractivity (Wildman–Crippen MR) is 145 cm³/mol. The number of carbonyl (C=O) groups excluding carboxylic acids is 3. The fraction of sp³-hybridized carbons (Fsp3) is 0.464. The molecular formula is C28H38N4O5. The number of rotatable bonds is 13. The summed E-state index contributed by atoms with van der Waals surface area (Å²) in [6, 6.07) is 5.39. The molecule has 0 spiro atoms. The van der Waals surface area contributed by atoms with Gasteiger partial charge in [-0.05, 0) is 70.6 Å². The van der Waals surface area contributed by atoms with Crippen LogP contribution in [0.1, 0.15) is 60.6 Å². The third-order valence-corrected chi connectivity index (χ3v) is 6.43. The molecule has 1 aliphatic rings. The lowest BCUT2D eigenvalue weighted by Crippen LogP contribution is -2.35. The average Bonchev–Trinajstić information content (AvgIpc) is 3.33. The second-order valence-electron chi connectivity index (χ2n) is 9.30. The molecule has 2 heterocycles. The van der Waals surface area contributed by atoms with Crippen molar-refractivity contribution in [1.29, 1.82) is 0 Å². The van der Waals surface area contributed by atoms with Crippen LogP contribution < -0.4 is 15.4 Å². The molecule has 3 rings (SSSR count). The van der Waals surface area contributed by atoms with Crippen LogP contribution in [0.15, 0.2) is 18.2 Å². The van der Waals surface area contributed by atoms with Crippen LogP contribution in [0.2, 0.25) is 0 Å². The van der Waals surface area contributed by atoms with Crippen LogP contribution in [-0.4, -0.2) is 73.0 Å². The van der Waals surface area contributed by atoms with Gasteiger partial charge in [-0.15, -0.1) is 0 Å². The van der Waals surface area contributed by atoms with E-state index in [2.05, 4.69) is 34.4 Å². The van der Waals surface area contributed by atoms with Gasteiger partial charge in [0.1, 0.15) is 19.0 Å². The Morgan fingerprint density at radius 2 is 1.92 bits per heavy atom. The molecule has 0 bridgehead atoms. The zero-order chi connectivity index (χ0) is 27.1. The van der Waals surface area contributed by atoms with Crippen molar-refractivity contribution in [2.45, 2.75) is 47.6 Å². The Balaban J connectivity index is 1.76. The average molecular weight is 511 g/mol. The Kier molecular flexibility index (Phi) is 9.66. The summed E-state index contributed by atoms with van der Waals surface area (Å²) in [6.45, 7) is 14.8. The van der Waals surface area contributed by atoms with Gasteiger partial charge in [0.05, 0.1) is 17.2 Å². The Labute approximate surface area is 218 Å². The normalized spacial score (nSPS) is 14.6. The molecular weight excluding hydrogens is 472 g/mol. The van der Waals surface area contributed by atoms with Crippen molar-refractivity contribution in [1.82, 2.24) is 15.2 Å². The van der Waals surface area contributed by atoms with E-state index in [4.69, 9.17) is 9.47 Å². The molecule has 1 aromatic heterocycles. The van der Waals surface area contributed by atoms with Gasteiger partial charge in [-0.1, -0.05) is 13.8 Å². The Bertz CT molecular complexity index is 1180. The van der Waals surface area contributed by atoms with Crippen molar-refractivity contribution in [2.75, 3.05) is 44.7 Å². The van der Waals surface area contributed by atoms with Crippen molar-refractivity contribution in [3.8, 4) is 5.75 Å². The number of H-pyrrole nitrogens is 1. The van der Waals surface area contributed by atoms with E-state index in [0.717, 1.165) is 36.5 Å². The minimum absolute atomic E-state index is 0.0427. The maximum atomic E-state index is 12.9. The zero-order valence-electron chi connectivity index (χ0n) is 22.6. The highest BCUT2D eigenvalue weighted by Gasteiger charge is 2.26. The Morgan fingerprint density at radius 3 is 2.59 bits per heavy atom. The number of benzene rings is 1. The number of Topliss-reactive ketones (excluding diaryl/α,β-unsaturated/α-hetero) is 1. The van der Waals surface area contributed by atoms with E-state index < -0.39 is 0 Å². The number of nitrogens with zero attached hydrogens (tertiary/aromatic N) is 1. The van der Waals surface area contributed by atoms with Crippen LogP contribution in [0.5, 0.6) is 5.75 Å². The molecule has 0 aliphatic carbocycles. The summed E-state index contributed by atoms with van der Waals surface area (Å²) in [6.07, 6.45) is 1.52. The van der Waals surface area contributed by atoms with Gasteiger partial charge in [0.15, 0.2) is 5.78 Å². The van der Waals surface area contributed by atoms with Crippen LogP contribution in [0.25, 0.3) is 11.6 Å². The second-order valence-corrected chi connectivity index (χ2v) is 9.30. The van der Waals surface area contributed by atoms with Gasteiger partial charge in [-0.3, -0.25) is 14.4 Å². The summed E-state index contributed by atoms with van der Waals surface area (Å²) in [4.78, 5) is 42.3. The summed E-state index contributed by atoms with van der Waals surface area (Å²) in [5.74, 6) is 0.198. The molecule has 3 N–H and O–H groups in total. The molecule has 1 unspecified atom stereocenters. The molecule has 2 aromatic rings. The number of aromatic amines is 1. The van der Waals surface area contributed by atoms with Crippen molar-refractivity contribution in [2.24, 2.45) is 0 Å². The Morgan fingerprint density at radius 1 is 1.19 bits per heavy atom. The summed E-state index contributed by atoms with van der Waals surface area (Å²) in [7, 11) is 0. The van der Waals surface area contributed by atoms with Crippen LogP contribution in [0.4, 0.5) is 5.69 Å².